The van der Waals surface area contributed by atoms with E-state index in [4.69, 9.17) is 0 Å². The lowest BCUT2D eigenvalue weighted by molar-refractivity contribution is 1.20. The number of nitrogens with zero attached hydrogens (tertiary/aromatic N) is 1. The average molecular weight is 184 g/mol. The third-order valence-electron chi connectivity index (χ3n) is 2.40. The van der Waals surface area contributed by atoms with E-state index in [1.165, 1.54) is 0 Å². The smallest absolute Gasteiger partial charge is 0.248 e. The van der Waals surface area contributed by atoms with Crippen molar-refractivity contribution in [2.45, 2.75) is 0 Å². The van der Waals surface area contributed by atoms with Gasteiger partial charge in [-0.25, -0.2) is 0 Å². The maximum Gasteiger partial charge on any atom is 0.248 e. The Kier molecular flexibility index (Phi) is 1.31. The van der Waals surface area contributed by atoms with E-state index in [9.17, 15) is 4.79 Å². The van der Waals surface area contributed by atoms with Crippen molar-refractivity contribution in [3.63, 3.8) is 0 Å². The van der Waals surface area contributed by atoms with Crippen molar-refractivity contribution in [1.82, 2.24) is 9.38 Å². The van der Waals surface area contributed by atoms with Gasteiger partial charge in [0.25, 0.3) is 0 Å². The van der Waals surface area contributed by atoms with Gasteiger partial charge in [-0.3, -0.25) is 4.79 Å². The van der Waals surface area contributed by atoms with Gasteiger partial charge in [0.1, 0.15) is 0 Å². The standard InChI is InChI=1S/C11H8N2O/c14-10-4-3-8-5-7-13-6-1-2-9(13)11(8)12-10/h1-7H,(H,12,14). The van der Waals surface area contributed by atoms with Crippen LogP contribution in [0.4, 0.5) is 0 Å². The summed E-state index contributed by atoms with van der Waals surface area (Å²) in [5.74, 6) is 0. The van der Waals surface area contributed by atoms with Crippen LogP contribution in [0.2, 0.25) is 0 Å². The number of aromatic nitrogens is 2. The van der Waals surface area contributed by atoms with Crippen molar-refractivity contribution < 1.29 is 0 Å². The van der Waals surface area contributed by atoms with Crippen LogP contribution < -0.4 is 5.56 Å². The maximum atomic E-state index is 11.2. The summed E-state index contributed by atoms with van der Waals surface area (Å²) in [6.45, 7) is 0. The molecule has 3 aromatic rings. The Bertz CT molecular complexity index is 663. The molecule has 3 heterocycles. The van der Waals surface area contributed by atoms with Gasteiger partial charge in [-0.2, -0.15) is 0 Å². The van der Waals surface area contributed by atoms with Crippen molar-refractivity contribution in [2.75, 3.05) is 0 Å². The third kappa shape index (κ3) is 0.893. The van der Waals surface area contributed by atoms with E-state index in [0.717, 1.165) is 16.4 Å². The minimum atomic E-state index is -0.0631. The Morgan fingerprint density at radius 3 is 2.93 bits per heavy atom. The molecule has 3 aromatic heterocycles. The summed E-state index contributed by atoms with van der Waals surface area (Å²) in [6, 6.07) is 9.31. The molecular weight excluding hydrogens is 176 g/mol. The minimum absolute atomic E-state index is 0.0631. The zero-order chi connectivity index (χ0) is 9.54. The first-order valence-electron chi connectivity index (χ1n) is 4.43. The summed E-state index contributed by atoms with van der Waals surface area (Å²) in [5, 5.41) is 1.05. The van der Waals surface area contributed by atoms with Crippen LogP contribution in [0.15, 0.2) is 47.5 Å². The molecule has 14 heavy (non-hydrogen) atoms. The Balaban J connectivity index is 2.66. The monoisotopic (exact) mass is 184 g/mol. The molecule has 0 aliphatic rings. The van der Waals surface area contributed by atoms with Gasteiger partial charge in [0.15, 0.2) is 0 Å². The molecule has 0 radical (unpaired) electrons. The van der Waals surface area contributed by atoms with Gasteiger partial charge in [-0.05, 0) is 24.3 Å². The normalized spacial score (nSPS) is 11.1. The van der Waals surface area contributed by atoms with E-state index in [0.29, 0.717) is 0 Å². The van der Waals surface area contributed by atoms with Crippen molar-refractivity contribution in [3.8, 4) is 0 Å². The zero-order valence-electron chi connectivity index (χ0n) is 7.40. The van der Waals surface area contributed by atoms with E-state index in [2.05, 4.69) is 4.98 Å². The molecule has 0 atom stereocenters. The number of hydrogen-bond acceptors (Lipinski definition) is 1. The molecule has 0 bridgehead atoms. The van der Waals surface area contributed by atoms with Crippen molar-refractivity contribution in [2.24, 2.45) is 0 Å². The van der Waals surface area contributed by atoms with Crippen LogP contribution in [0.3, 0.4) is 0 Å². The fraction of sp³-hybridized carbons (Fsp3) is 0. The predicted octanol–water partition coefficient (Wildman–Crippen LogP) is 1.78. The van der Waals surface area contributed by atoms with E-state index >= 15 is 0 Å². The minimum Gasteiger partial charge on any atom is -0.322 e. The molecule has 1 N–H and O–H groups in total. The Morgan fingerprint density at radius 2 is 2.00 bits per heavy atom. The van der Waals surface area contributed by atoms with E-state index < -0.39 is 0 Å². The van der Waals surface area contributed by atoms with Crippen molar-refractivity contribution in [1.29, 1.82) is 0 Å². The van der Waals surface area contributed by atoms with Gasteiger partial charge >= 0.3 is 0 Å². The highest BCUT2D eigenvalue weighted by atomic mass is 16.1. The van der Waals surface area contributed by atoms with Crippen molar-refractivity contribution in [3.05, 3.63) is 53.1 Å². The van der Waals surface area contributed by atoms with Crippen LogP contribution in [0.1, 0.15) is 0 Å². The molecule has 3 heteroatoms. The zero-order valence-corrected chi connectivity index (χ0v) is 7.40. The first-order valence-corrected chi connectivity index (χ1v) is 4.43. The van der Waals surface area contributed by atoms with E-state index in [-0.39, 0.29) is 5.56 Å². The molecular formula is C11H8N2O. The van der Waals surface area contributed by atoms with E-state index in [1.807, 2.05) is 41.1 Å². The lowest BCUT2D eigenvalue weighted by Crippen LogP contribution is -2.03. The Labute approximate surface area is 79.6 Å². The van der Waals surface area contributed by atoms with Gasteiger partial charge in [-0.15, -0.1) is 0 Å². The topological polar surface area (TPSA) is 37.3 Å². The third-order valence-corrected chi connectivity index (χ3v) is 2.40. The molecule has 0 spiro atoms. The molecule has 3 nitrogen and oxygen atoms in total. The lowest BCUT2D eigenvalue weighted by atomic mass is 10.2. The van der Waals surface area contributed by atoms with Crippen LogP contribution in [0.25, 0.3) is 16.4 Å². The maximum absolute atomic E-state index is 11.2. The predicted molar refractivity (Wildman–Crippen MR) is 55.5 cm³/mol. The van der Waals surface area contributed by atoms with Gasteiger partial charge in [0.2, 0.25) is 5.56 Å². The van der Waals surface area contributed by atoms with Gasteiger partial charge in [0.05, 0.1) is 11.0 Å². The number of aromatic amines is 1. The number of fused-ring (bicyclic) bond motifs is 3. The highest BCUT2D eigenvalue weighted by Gasteiger charge is 1.99. The number of hydrogen-bond donors (Lipinski definition) is 1. The molecule has 0 aliphatic carbocycles. The summed E-state index contributed by atoms with van der Waals surface area (Å²) in [4.78, 5) is 14.0. The summed E-state index contributed by atoms with van der Waals surface area (Å²) in [6.07, 6.45) is 3.94. The Morgan fingerprint density at radius 1 is 1.07 bits per heavy atom. The van der Waals surface area contributed by atoms with E-state index in [1.54, 1.807) is 6.07 Å². The molecule has 3 rings (SSSR count). The SMILES string of the molecule is O=c1ccc2ccn3cccc3c2[nH]1. The summed E-state index contributed by atoms with van der Waals surface area (Å²) < 4.78 is 1.98. The molecule has 0 saturated heterocycles. The largest absolute Gasteiger partial charge is 0.322 e. The van der Waals surface area contributed by atoms with Crippen LogP contribution in [0.5, 0.6) is 0 Å². The number of pyridine rings is 2. The van der Waals surface area contributed by atoms with Crippen LogP contribution in [0, 0.1) is 0 Å². The number of H-pyrrole nitrogens is 1. The first-order chi connectivity index (χ1) is 6.84. The van der Waals surface area contributed by atoms with Crippen LogP contribution in [-0.2, 0) is 0 Å². The van der Waals surface area contributed by atoms with Crippen molar-refractivity contribution >= 4 is 16.4 Å². The summed E-state index contributed by atoms with van der Waals surface area (Å²) in [7, 11) is 0. The molecule has 0 amide bonds. The molecule has 0 unspecified atom stereocenters. The highest BCUT2D eigenvalue weighted by molar-refractivity contribution is 5.92. The van der Waals surface area contributed by atoms with Crippen LogP contribution >= 0.6 is 0 Å². The Hall–Kier alpha value is -2.03. The number of nitrogens with one attached hydrogen (secondary N) is 1. The second kappa shape index (κ2) is 2.48. The summed E-state index contributed by atoms with van der Waals surface area (Å²) in [5.41, 5.74) is 1.86. The molecule has 0 saturated carbocycles. The lowest BCUT2D eigenvalue weighted by Gasteiger charge is -2.00. The first kappa shape index (κ1) is 7.38. The fourth-order valence-corrected chi connectivity index (χ4v) is 1.73. The highest BCUT2D eigenvalue weighted by Crippen LogP contribution is 2.16. The fourth-order valence-electron chi connectivity index (χ4n) is 1.73. The summed E-state index contributed by atoms with van der Waals surface area (Å²) >= 11 is 0. The van der Waals surface area contributed by atoms with Gasteiger partial charge in [0, 0.05) is 23.8 Å². The molecule has 0 aliphatic heterocycles. The average Bonchev–Trinajstić information content (AvgIpc) is 2.65. The number of rotatable bonds is 0. The van der Waals surface area contributed by atoms with Gasteiger partial charge in [-0.1, -0.05) is 0 Å². The molecule has 0 fully saturated rings. The second-order valence-corrected chi connectivity index (χ2v) is 3.27. The van der Waals surface area contributed by atoms with Crippen LogP contribution in [-0.4, -0.2) is 9.38 Å². The molecule has 68 valence electrons. The molecule has 0 aromatic carbocycles. The van der Waals surface area contributed by atoms with Gasteiger partial charge < -0.3 is 9.38 Å². The second-order valence-electron chi connectivity index (χ2n) is 3.27. The quantitative estimate of drug-likeness (QED) is 0.568.